The van der Waals surface area contributed by atoms with Crippen molar-refractivity contribution in [2.24, 2.45) is 0 Å². The van der Waals surface area contributed by atoms with E-state index in [0.717, 1.165) is 11.7 Å². The minimum Gasteiger partial charge on any atom is -0.444 e. The van der Waals surface area contributed by atoms with Crippen LogP contribution in [0.3, 0.4) is 0 Å². The third-order valence-corrected chi connectivity index (χ3v) is 3.53. The van der Waals surface area contributed by atoms with Crippen LogP contribution in [0.25, 0.3) is 0 Å². The van der Waals surface area contributed by atoms with Gasteiger partial charge in [-0.25, -0.2) is 4.98 Å². The van der Waals surface area contributed by atoms with Crippen LogP contribution in [-0.2, 0) is 12.0 Å². The molecule has 0 radical (unpaired) electrons. The van der Waals surface area contributed by atoms with Crippen molar-refractivity contribution in [3.63, 3.8) is 0 Å². The summed E-state index contributed by atoms with van der Waals surface area (Å²) in [5.41, 5.74) is -0.000776. The van der Waals surface area contributed by atoms with Gasteiger partial charge in [-0.2, -0.15) is 5.10 Å². The molecule has 0 aliphatic rings. The van der Waals surface area contributed by atoms with Gasteiger partial charge in [-0.1, -0.05) is 20.8 Å². The Hall–Kier alpha value is -1.62. The number of hydrogen-bond acceptors (Lipinski definition) is 4. The maximum Gasteiger partial charge on any atom is 0.208 e. The first-order valence-electron chi connectivity index (χ1n) is 7.05. The lowest BCUT2D eigenvalue weighted by Crippen LogP contribution is -2.33. The van der Waals surface area contributed by atoms with Crippen molar-refractivity contribution in [3.05, 3.63) is 36.3 Å². The largest absolute Gasteiger partial charge is 0.444 e. The van der Waals surface area contributed by atoms with E-state index < -0.39 is 0 Å². The molecule has 2 atom stereocenters. The number of nitrogens with zero attached hydrogens (tertiary/aromatic N) is 3. The monoisotopic (exact) mass is 276 g/mol. The zero-order valence-corrected chi connectivity index (χ0v) is 12.9. The van der Waals surface area contributed by atoms with E-state index in [1.54, 1.807) is 6.20 Å². The lowest BCUT2D eigenvalue weighted by Gasteiger charge is -2.21. The van der Waals surface area contributed by atoms with Crippen molar-refractivity contribution in [3.8, 4) is 0 Å². The SMILES string of the molecule is CC(NCc1ncc(C(C)(C)C)o1)C(C)n1cccn1. The molecule has 0 spiro atoms. The molecule has 0 saturated heterocycles. The zero-order chi connectivity index (χ0) is 14.8. The maximum atomic E-state index is 5.77. The fourth-order valence-electron chi connectivity index (χ4n) is 1.91. The Morgan fingerprint density at radius 3 is 2.65 bits per heavy atom. The predicted octanol–water partition coefficient (Wildman–Crippen LogP) is 2.91. The number of nitrogens with one attached hydrogen (secondary N) is 1. The average Bonchev–Trinajstić information content (AvgIpc) is 3.04. The van der Waals surface area contributed by atoms with Gasteiger partial charge in [-0.3, -0.25) is 4.68 Å². The standard InChI is InChI=1S/C15H24N4O/c1-11(12(2)19-8-6-7-18-19)16-10-14-17-9-13(20-14)15(3,4)5/h6-9,11-12,16H,10H2,1-5H3. The maximum absolute atomic E-state index is 5.77. The van der Waals surface area contributed by atoms with Gasteiger partial charge in [0.25, 0.3) is 0 Å². The summed E-state index contributed by atoms with van der Waals surface area (Å²) in [6, 6.07) is 2.49. The quantitative estimate of drug-likeness (QED) is 0.912. The van der Waals surface area contributed by atoms with E-state index in [2.05, 4.69) is 50.0 Å². The molecule has 5 nitrogen and oxygen atoms in total. The summed E-state index contributed by atoms with van der Waals surface area (Å²) in [4.78, 5) is 4.33. The molecule has 2 heterocycles. The summed E-state index contributed by atoms with van der Waals surface area (Å²) in [5, 5.41) is 7.70. The van der Waals surface area contributed by atoms with Gasteiger partial charge in [-0.15, -0.1) is 0 Å². The van der Waals surface area contributed by atoms with Gasteiger partial charge >= 0.3 is 0 Å². The van der Waals surface area contributed by atoms with Crippen LogP contribution in [0, 0.1) is 0 Å². The fraction of sp³-hybridized carbons (Fsp3) is 0.600. The van der Waals surface area contributed by atoms with Crippen molar-refractivity contribution in [1.82, 2.24) is 20.1 Å². The van der Waals surface area contributed by atoms with Crippen LogP contribution < -0.4 is 5.32 Å². The van der Waals surface area contributed by atoms with Crippen LogP contribution in [0.5, 0.6) is 0 Å². The van der Waals surface area contributed by atoms with E-state index in [1.165, 1.54) is 0 Å². The topological polar surface area (TPSA) is 55.9 Å². The average molecular weight is 276 g/mol. The number of aromatic nitrogens is 3. The summed E-state index contributed by atoms with van der Waals surface area (Å²) in [6.07, 6.45) is 5.59. The van der Waals surface area contributed by atoms with Crippen molar-refractivity contribution >= 4 is 0 Å². The molecule has 0 aliphatic heterocycles. The first-order chi connectivity index (χ1) is 9.38. The summed E-state index contributed by atoms with van der Waals surface area (Å²) in [6.45, 7) is 11.3. The molecule has 0 aliphatic carbocycles. The summed E-state index contributed by atoms with van der Waals surface area (Å²) < 4.78 is 7.73. The molecule has 0 fully saturated rings. The van der Waals surface area contributed by atoms with Crippen LogP contribution >= 0.6 is 0 Å². The van der Waals surface area contributed by atoms with Crippen LogP contribution in [0.1, 0.15) is 52.3 Å². The van der Waals surface area contributed by atoms with Gasteiger partial charge in [0.15, 0.2) is 0 Å². The molecule has 2 rings (SSSR count). The normalized spacial score (nSPS) is 15.2. The third kappa shape index (κ3) is 3.48. The highest BCUT2D eigenvalue weighted by Gasteiger charge is 2.20. The number of rotatable bonds is 5. The Morgan fingerprint density at radius 1 is 1.35 bits per heavy atom. The van der Waals surface area contributed by atoms with Crippen molar-refractivity contribution in [2.45, 2.75) is 58.7 Å². The van der Waals surface area contributed by atoms with Crippen LogP contribution in [0.2, 0.25) is 0 Å². The van der Waals surface area contributed by atoms with Gasteiger partial charge in [0.05, 0.1) is 18.8 Å². The van der Waals surface area contributed by atoms with Gasteiger partial charge in [0, 0.05) is 23.9 Å². The lowest BCUT2D eigenvalue weighted by atomic mass is 9.94. The molecular weight excluding hydrogens is 252 g/mol. The molecule has 2 aromatic rings. The second-order valence-corrected chi connectivity index (χ2v) is 6.26. The summed E-state index contributed by atoms with van der Waals surface area (Å²) in [5.74, 6) is 1.65. The van der Waals surface area contributed by atoms with E-state index >= 15 is 0 Å². The van der Waals surface area contributed by atoms with Gasteiger partial charge in [0.1, 0.15) is 5.76 Å². The smallest absolute Gasteiger partial charge is 0.208 e. The van der Waals surface area contributed by atoms with Crippen molar-refractivity contribution in [2.75, 3.05) is 0 Å². The van der Waals surface area contributed by atoms with Crippen LogP contribution in [0.15, 0.2) is 29.1 Å². The molecule has 0 saturated carbocycles. The minimum atomic E-state index is -0.000776. The Labute approximate surface area is 120 Å². The van der Waals surface area contributed by atoms with E-state index in [9.17, 15) is 0 Å². The van der Waals surface area contributed by atoms with Crippen LogP contribution in [-0.4, -0.2) is 20.8 Å². The predicted molar refractivity (Wildman–Crippen MR) is 78.4 cm³/mol. The molecule has 110 valence electrons. The van der Waals surface area contributed by atoms with Gasteiger partial charge in [0.2, 0.25) is 5.89 Å². The molecular formula is C15H24N4O. The second kappa shape index (κ2) is 5.79. The molecule has 0 bridgehead atoms. The van der Waals surface area contributed by atoms with Crippen molar-refractivity contribution < 1.29 is 4.42 Å². The van der Waals surface area contributed by atoms with E-state index in [-0.39, 0.29) is 17.5 Å². The minimum absolute atomic E-state index is 0.000776. The second-order valence-electron chi connectivity index (χ2n) is 6.26. The van der Waals surface area contributed by atoms with Gasteiger partial charge in [-0.05, 0) is 19.9 Å². The highest BCUT2D eigenvalue weighted by molar-refractivity contribution is 5.06. The highest BCUT2D eigenvalue weighted by Crippen LogP contribution is 2.22. The molecule has 20 heavy (non-hydrogen) atoms. The Bertz CT molecular complexity index is 524. The van der Waals surface area contributed by atoms with Crippen molar-refractivity contribution in [1.29, 1.82) is 0 Å². The Balaban J connectivity index is 1.90. The molecule has 1 N–H and O–H groups in total. The molecule has 0 amide bonds. The molecule has 5 heteroatoms. The van der Waals surface area contributed by atoms with Gasteiger partial charge < -0.3 is 9.73 Å². The first kappa shape index (κ1) is 14.8. The van der Waals surface area contributed by atoms with E-state index in [0.29, 0.717) is 6.54 Å². The van der Waals surface area contributed by atoms with Crippen LogP contribution in [0.4, 0.5) is 0 Å². The lowest BCUT2D eigenvalue weighted by molar-refractivity contribution is 0.332. The third-order valence-electron chi connectivity index (χ3n) is 3.53. The summed E-state index contributed by atoms with van der Waals surface area (Å²) in [7, 11) is 0. The molecule has 2 aromatic heterocycles. The molecule has 0 aromatic carbocycles. The summed E-state index contributed by atoms with van der Waals surface area (Å²) >= 11 is 0. The highest BCUT2D eigenvalue weighted by atomic mass is 16.4. The Kier molecular flexibility index (Phi) is 4.28. The first-order valence-corrected chi connectivity index (χ1v) is 7.05. The molecule has 2 unspecified atom stereocenters. The Morgan fingerprint density at radius 2 is 2.10 bits per heavy atom. The van der Waals surface area contributed by atoms with E-state index in [4.69, 9.17) is 4.42 Å². The zero-order valence-electron chi connectivity index (χ0n) is 12.9. The van der Waals surface area contributed by atoms with E-state index in [1.807, 2.05) is 23.1 Å². The fourth-order valence-corrected chi connectivity index (χ4v) is 1.91. The number of oxazole rings is 1. The number of hydrogen-bond donors (Lipinski definition) is 1.